The van der Waals surface area contributed by atoms with Crippen molar-refractivity contribution in [3.05, 3.63) is 22.8 Å². The molecule has 0 amide bonds. The number of rotatable bonds is 5. The molecular weight excluding hydrogens is 206 g/mol. The first-order valence-electron chi connectivity index (χ1n) is 4.15. The van der Waals surface area contributed by atoms with E-state index in [1.807, 2.05) is 0 Å². The number of halogens is 1. The van der Waals surface area contributed by atoms with Gasteiger partial charge in [0, 0.05) is 24.9 Å². The van der Waals surface area contributed by atoms with E-state index in [0.29, 0.717) is 29.7 Å². The number of nitrogens with zero attached hydrogens (tertiary/aromatic N) is 1. The van der Waals surface area contributed by atoms with Gasteiger partial charge in [-0.2, -0.15) is 0 Å². The predicted octanol–water partition coefficient (Wildman–Crippen LogP) is 1.25. The molecule has 0 atom stereocenters. The molecule has 1 rings (SSSR count). The van der Waals surface area contributed by atoms with E-state index in [0.717, 1.165) is 0 Å². The lowest BCUT2D eigenvalue weighted by Gasteiger charge is -2.06. The highest BCUT2D eigenvalue weighted by atomic mass is 35.5. The molecule has 0 saturated heterocycles. The third-order valence-corrected chi connectivity index (χ3v) is 1.96. The minimum atomic E-state index is -0.123. The first-order chi connectivity index (χ1) is 6.77. The van der Waals surface area contributed by atoms with Gasteiger partial charge in [-0.1, -0.05) is 11.6 Å². The van der Waals surface area contributed by atoms with E-state index in [1.54, 1.807) is 13.2 Å². The molecule has 0 unspecified atom stereocenters. The molecule has 14 heavy (non-hydrogen) atoms. The fourth-order valence-electron chi connectivity index (χ4n) is 0.888. The van der Waals surface area contributed by atoms with Crippen LogP contribution >= 0.6 is 11.6 Å². The predicted molar refractivity (Wildman–Crippen MR) is 52.5 cm³/mol. The minimum Gasteiger partial charge on any atom is -0.475 e. The maximum absolute atomic E-state index is 8.92. The van der Waals surface area contributed by atoms with Gasteiger partial charge in [0.2, 0.25) is 5.88 Å². The number of methoxy groups -OCH3 is 1. The Morgan fingerprint density at radius 1 is 1.50 bits per heavy atom. The fraction of sp³-hybridized carbons (Fsp3) is 0.444. The summed E-state index contributed by atoms with van der Waals surface area (Å²) in [7, 11) is 1.60. The van der Waals surface area contributed by atoms with E-state index in [2.05, 4.69) is 4.98 Å². The van der Waals surface area contributed by atoms with Gasteiger partial charge in [0.05, 0.1) is 18.2 Å². The number of aliphatic hydroxyl groups excluding tert-OH is 1. The highest BCUT2D eigenvalue weighted by Gasteiger charge is 2.02. The Bertz CT molecular complexity index is 293. The van der Waals surface area contributed by atoms with Crippen molar-refractivity contribution in [2.24, 2.45) is 0 Å². The largest absolute Gasteiger partial charge is 0.475 e. The van der Waals surface area contributed by atoms with Crippen LogP contribution in [-0.2, 0) is 11.3 Å². The molecule has 0 aliphatic carbocycles. The Hall–Kier alpha value is -0.840. The zero-order valence-corrected chi connectivity index (χ0v) is 8.62. The van der Waals surface area contributed by atoms with E-state index in [-0.39, 0.29) is 6.61 Å². The molecule has 0 radical (unpaired) electrons. The highest BCUT2D eigenvalue weighted by Crippen LogP contribution is 2.18. The Labute approximate surface area is 87.4 Å². The second kappa shape index (κ2) is 5.80. The molecule has 1 N–H and O–H groups in total. The molecule has 0 aromatic carbocycles. The lowest BCUT2D eigenvalue weighted by molar-refractivity contribution is 0.143. The molecular formula is C9H12ClNO3. The topological polar surface area (TPSA) is 51.6 Å². The van der Waals surface area contributed by atoms with Crippen molar-refractivity contribution in [2.45, 2.75) is 6.61 Å². The lowest BCUT2D eigenvalue weighted by Crippen LogP contribution is -2.05. The summed E-state index contributed by atoms with van der Waals surface area (Å²) in [6.07, 6.45) is 1.45. The van der Waals surface area contributed by atoms with Gasteiger partial charge in [0.25, 0.3) is 0 Å². The summed E-state index contributed by atoms with van der Waals surface area (Å²) in [4.78, 5) is 3.94. The number of aliphatic hydroxyl groups is 1. The zero-order chi connectivity index (χ0) is 10.4. The lowest BCUT2D eigenvalue weighted by atomic mass is 10.3. The molecule has 1 aromatic heterocycles. The fourth-order valence-corrected chi connectivity index (χ4v) is 1.05. The van der Waals surface area contributed by atoms with Crippen LogP contribution in [0.25, 0.3) is 0 Å². The average Bonchev–Trinajstić information content (AvgIpc) is 2.21. The number of pyridine rings is 1. The molecule has 0 aliphatic heterocycles. The van der Waals surface area contributed by atoms with Gasteiger partial charge in [-0.3, -0.25) is 0 Å². The maximum Gasteiger partial charge on any atom is 0.213 e. The van der Waals surface area contributed by atoms with Crippen LogP contribution in [0.1, 0.15) is 5.56 Å². The number of aromatic nitrogens is 1. The Balaban J connectivity index is 2.60. The summed E-state index contributed by atoms with van der Waals surface area (Å²) in [6, 6.07) is 1.61. The second-order valence-electron chi connectivity index (χ2n) is 2.61. The molecule has 1 heterocycles. The van der Waals surface area contributed by atoms with Crippen LogP contribution in [0.4, 0.5) is 0 Å². The van der Waals surface area contributed by atoms with Crippen molar-refractivity contribution in [1.29, 1.82) is 0 Å². The van der Waals surface area contributed by atoms with Crippen LogP contribution < -0.4 is 4.74 Å². The Morgan fingerprint density at radius 3 is 2.93 bits per heavy atom. The van der Waals surface area contributed by atoms with Crippen molar-refractivity contribution in [2.75, 3.05) is 20.3 Å². The molecule has 5 heteroatoms. The first-order valence-corrected chi connectivity index (χ1v) is 4.52. The number of ether oxygens (including phenoxy) is 2. The molecule has 0 aliphatic rings. The van der Waals surface area contributed by atoms with Crippen LogP contribution in [0.5, 0.6) is 5.88 Å². The molecule has 0 fully saturated rings. The standard InChI is InChI=1S/C9H12ClNO3/c1-13-2-3-14-9-4-7(6-12)8(10)5-11-9/h4-5,12H,2-3,6H2,1H3. The maximum atomic E-state index is 8.92. The quantitative estimate of drug-likeness (QED) is 0.755. The van der Waals surface area contributed by atoms with Crippen molar-refractivity contribution >= 4 is 11.6 Å². The minimum absolute atomic E-state index is 0.123. The summed E-state index contributed by atoms with van der Waals surface area (Å²) in [5.74, 6) is 0.440. The smallest absolute Gasteiger partial charge is 0.213 e. The van der Waals surface area contributed by atoms with Crippen LogP contribution in [0.15, 0.2) is 12.3 Å². The third-order valence-electron chi connectivity index (χ3n) is 1.62. The van der Waals surface area contributed by atoms with Gasteiger partial charge in [-0.05, 0) is 0 Å². The highest BCUT2D eigenvalue weighted by molar-refractivity contribution is 6.31. The number of hydrogen-bond donors (Lipinski definition) is 1. The summed E-state index contributed by atoms with van der Waals surface area (Å²) in [5.41, 5.74) is 0.606. The normalized spacial score (nSPS) is 10.2. The van der Waals surface area contributed by atoms with E-state index >= 15 is 0 Å². The summed E-state index contributed by atoms with van der Waals surface area (Å²) < 4.78 is 10.1. The van der Waals surface area contributed by atoms with Gasteiger partial charge in [-0.25, -0.2) is 4.98 Å². The molecule has 0 saturated carbocycles. The van der Waals surface area contributed by atoms with Crippen LogP contribution in [0.2, 0.25) is 5.02 Å². The summed E-state index contributed by atoms with van der Waals surface area (Å²) >= 11 is 5.75. The van der Waals surface area contributed by atoms with E-state index in [9.17, 15) is 0 Å². The van der Waals surface area contributed by atoms with E-state index in [4.69, 9.17) is 26.2 Å². The molecule has 0 bridgehead atoms. The summed E-state index contributed by atoms with van der Waals surface area (Å²) in [5, 5.41) is 9.36. The van der Waals surface area contributed by atoms with E-state index < -0.39 is 0 Å². The molecule has 0 spiro atoms. The zero-order valence-electron chi connectivity index (χ0n) is 7.86. The number of hydrogen-bond acceptors (Lipinski definition) is 4. The Kier molecular flexibility index (Phi) is 4.65. The van der Waals surface area contributed by atoms with E-state index in [1.165, 1.54) is 6.20 Å². The van der Waals surface area contributed by atoms with Gasteiger partial charge < -0.3 is 14.6 Å². The van der Waals surface area contributed by atoms with Crippen molar-refractivity contribution in [1.82, 2.24) is 4.98 Å². The third kappa shape index (κ3) is 3.14. The monoisotopic (exact) mass is 217 g/mol. The van der Waals surface area contributed by atoms with Crippen LogP contribution in [0, 0.1) is 0 Å². The average molecular weight is 218 g/mol. The first kappa shape index (κ1) is 11.2. The summed E-state index contributed by atoms with van der Waals surface area (Å²) in [6.45, 7) is 0.802. The molecule has 4 nitrogen and oxygen atoms in total. The van der Waals surface area contributed by atoms with Gasteiger partial charge in [0.15, 0.2) is 0 Å². The van der Waals surface area contributed by atoms with Crippen molar-refractivity contribution in [3.63, 3.8) is 0 Å². The Morgan fingerprint density at radius 2 is 2.29 bits per heavy atom. The van der Waals surface area contributed by atoms with Crippen LogP contribution in [0.3, 0.4) is 0 Å². The molecule has 1 aromatic rings. The molecule has 78 valence electrons. The van der Waals surface area contributed by atoms with Gasteiger partial charge >= 0.3 is 0 Å². The van der Waals surface area contributed by atoms with Gasteiger partial charge in [0.1, 0.15) is 6.61 Å². The SMILES string of the molecule is COCCOc1cc(CO)c(Cl)cn1. The van der Waals surface area contributed by atoms with Crippen molar-refractivity contribution < 1.29 is 14.6 Å². The van der Waals surface area contributed by atoms with Crippen LogP contribution in [-0.4, -0.2) is 30.4 Å². The van der Waals surface area contributed by atoms with Gasteiger partial charge in [-0.15, -0.1) is 0 Å². The van der Waals surface area contributed by atoms with Crippen molar-refractivity contribution in [3.8, 4) is 5.88 Å². The second-order valence-corrected chi connectivity index (χ2v) is 3.02.